The van der Waals surface area contributed by atoms with Crippen molar-refractivity contribution in [1.29, 1.82) is 5.26 Å². The van der Waals surface area contributed by atoms with Crippen molar-refractivity contribution in [3.63, 3.8) is 0 Å². The number of rotatable bonds is 5. The van der Waals surface area contributed by atoms with E-state index in [0.717, 1.165) is 11.3 Å². The first-order valence-corrected chi connectivity index (χ1v) is 9.39. The fourth-order valence-corrected chi connectivity index (χ4v) is 3.20. The van der Waals surface area contributed by atoms with Crippen molar-refractivity contribution in [3.05, 3.63) is 65.0 Å². The zero-order valence-electron chi connectivity index (χ0n) is 15.3. The van der Waals surface area contributed by atoms with Gasteiger partial charge < -0.3 is 10.4 Å². The summed E-state index contributed by atoms with van der Waals surface area (Å²) in [6.07, 6.45) is 1.35. The first kappa shape index (κ1) is 19.8. The second-order valence-corrected chi connectivity index (χ2v) is 6.84. The van der Waals surface area contributed by atoms with Crippen LogP contribution in [-0.4, -0.2) is 21.9 Å². The molecule has 3 rings (SSSR count). The molecule has 0 saturated heterocycles. The molecule has 3 N–H and O–H groups in total. The third-order valence-corrected chi connectivity index (χ3v) is 4.56. The van der Waals surface area contributed by atoms with Gasteiger partial charge in [-0.3, -0.25) is 14.9 Å². The normalized spacial score (nSPS) is 10.8. The lowest BCUT2D eigenvalue weighted by atomic mass is 10.1. The van der Waals surface area contributed by atoms with Crippen molar-refractivity contribution in [3.8, 4) is 23.1 Å². The van der Waals surface area contributed by atoms with Crippen LogP contribution in [0.3, 0.4) is 0 Å². The van der Waals surface area contributed by atoms with Crippen LogP contribution in [0.15, 0.2) is 59.5 Å². The number of hydrogen-bond acceptors (Lipinski definition) is 6. The Morgan fingerprint density at radius 2 is 1.93 bits per heavy atom. The Morgan fingerprint density at radius 3 is 2.59 bits per heavy atom. The number of aromatic hydroxyl groups is 1. The Kier molecular flexibility index (Phi) is 6.02. The molecule has 2 amide bonds. The summed E-state index contributed by atoms with van der Waals surface area (Å²) in [6.45, 7) is 1.33. The fourth-order valence-electron chi connectivity index (χ4n) is 2.49. The molecule has 1 aromatic heterocycles. The van der Waals surface area contributed by atoms with Crippen LogP contribution in [-0.2, 0) is 9.59 Å². The number of hydrogen-bond donors (Lipinski definition) is 3. The quantitative estimate of drug-likeness (QED) is 0.337. The number of amides is 2. The third kappa shape index (κ3) is 5.06. The lowest BCUT2D eigenvalue weighted by Crippen LogP contribution is -2.13. The predicted octanol–water partition coefficient (Wildman–Crippen LogP) is 4.02. The van der Waals surface area contributed by atoms with Gasteiger partial charge >= 0.3 is 0 Å². The number of nitriles is 1. The molecule has 1 heterocycles. The average molecular weight is 404 g/mol. The molecule has 0 saturated carbocycles. The van der Waals surface area contributed by atoms with E-state index in [1.807, 2.05) is 41.8 Å². The van der Waals surface area contributed by atoms with Crippen molar-refractivity contribution in [1.82, 2.24) is 4.98 Å². The van der Waals surface area contributed by atoms with Gasteiger partial charge in [-0.1, -0.05) is 36.4 Å². The van der Waals surface area contributed by atoms with Gasteiger partial charge in [0.25, 0.3) is 5.91 Å². The smallest absolute Gasteiger partial charge is 0.268 e. The number of anilines is 2. The minimum atomic E-state index is -0.605. The molecule has 0 spiro atoms. The Morgan fingerprint density at radius 1 is 1.17 bits per heavy atom. The molecule has 0 unspecified atom stereocenters. The first-order valence-electron chi connectivity index (χ1n) is 8.51. The van der Waals surface area contributed by atoms with Crippen LogP contribution in [0, 0.1) is 11.3 Å². The maximum absolute atomic E-state index is 12.4. The topological polar surface area (TPSA) is 115 Å². The molecule has 0 bridgehead atoms. The molecule has 0 aliphatic rings. The Bertz CT molecular complexity index is 1130. The maximum Gasteiger partial charge on any atom is 0.268 e. The summed E-state index contributed by atoms with van der Waals surface area (Å²) in [6, 6.07) is 15.8. The van der Waals surface area contributed by atoms with E-state index in [1.54, 1.807) is 6.07 Å². The molecule has 29 heavy (non-hydrogen) atoms. The Balaban J connectivity index is 1.76. The van der Waals surface area contributed by atoms with E-state index >= 15 is 0 Å². The summed E-state index contributed by atoms with van der Waals surface area (Å²) in [5.41, 5.74) is 2.19. The maximum atomic E-state index is 12.4. The molecule has 7 nitrogen and oxygen atoms in total. The van der Waals surface area contributed by atoms with E-state index in [1.165, 1.54) is 36.5 Å². The predicted molar refractivity (Wildman–Crippen MR) is 112 cm³/mol. The minimum absolute atomic E-state index is 0.145. The van der Waals surface area contributed by atoms with Gasteiger partial charge in [-0.05, 0) is 23.8 Å². The van der Waals surface area contributed by atoms with Crippen LogP contribution in [0.25, 0.3) is 17.3 Å². The molecular weight excluding hydrogens is 388 g/mol. The monoisotopic (exact) mass is 404 g/mol. The summed E-state index contributed by atoms with van der Waals surface area (Å²) in [4.78, 5) is 27.9. The van der Waals surface area contributed by atoms with E-state index in [9.17, 15) is 20.0 Å². The molecular formula is C21H16N4O3S. The van der Waals surface area contributed by atoms with Crippen molar-refractivity contribution in [2.24, 2.45) is 0 Å². The number of phenols is 1. The van der Waals surface area contributed by atoms with E-state index in [2.05, 4.69) is 15.6 Å². The van der Waals surface area contributed by atoms with Gasteiger partial charge in [0, 0.05) is 17.9 Å². The summed E-state index contributed by atoms with van der Waals surface area (Å²) in [7, 11) is 0. The highest BCUT2D eigenvalue weighted by Gasteiger charge is 2.13. The Hall–Kier alpha value is -3.96. The van der Waals surface area contributed by atoms with Crippen LogP contribution in [0.5, 0.6) is 5.75 Å². The van der Waals surface area contributed by atoms with Crippen LogP contribution in [0.2, 0.25) is 0 Å². The number of thiazole rings is 1. The molecule has 144 valence electrons. The van der Waals surface area contributed by atoms with Crippen LogP contribution < -0.4 is 10.6 Å². The Labute approximate surface area is 171 Å². The molecule has 8 heteroatoms. The van der Waals surface area contributed by atoms with Gasteiger partial charge in [-0.15, -0.1) is 11.3 Å². The molecule has 2 aromatic carbocycles. The van der Waals surface area contributed by atoms with Gasteiger partial charge in [0.2, 0.25) is 5.91 Å². The molecule has 0 aliphatic carbocycles. The van der Waals surface area contributed by atoms with E-state index < -0.39 is 5.91 Å². The molecule has 0 radical (unpaired) electrons. The lowest BCUT2D eigenvalue weighted by Gasteiger charge is -2.06. The third-order valence-electron chi connectivity index (χ3n) is 3.80. The van der Waals surface area contributed by atoms with Crippen molar-refractivity contribution >= 4 is 40.0 Å². The molecule has 0 atom stereocenters. The number of aromatic nitrogens is 1. The first-order chi connectivity index (χ1) is 14.0. The summed E-state index contributed by atoms with van der Waals surface area (Å²) in [5.74, 6) is -1.09. The molecule has 0 aliphatic heterocycles. The van der Waals surface area contributed by atoms with Gasteiger partial charge in [0.1, 0.15) is 17.4 Å². The molecule has 0 fully saturated rings. The number of phenolic OH excluding ortho intramolecular Hbond substituents is 1. The zero-order valence-corrected chi connectivity index (χ0v) is 16.2. The number of carbonyl (C=O) groups is 2. The summed E-state index contributed by atoms with van der Waals surface area (Å²) < 4.78 is 0. The minimum Gasteiger partial charge on any atom is -0.506 e. The lowest BCUT2D eigenvalue weighted by molar-refractivity contribution is -0.114. The number of carbonyl (C=O) groups excluding carboxylic acids is 2. The SMILES string of the molecule is CC(=O)Nc1ccc(/C=C(\C#N)C(=O)Nc2nc(-c3ccccc3)cs2)cc1O. The number of benzene rings is 2. The highest BCUT2D eigenvalue weighted by atomic mass is 32.1. The number of nitrogens with zero attached hydrogens (tertiary/aromatic N) is 2. The highest BCUT2D eigenvalue weighted by Crippen LogP contribution is 2.27. The summed E-state index contributed by atoms with van der Waals surface area (Å²) >= 11 is 1.26. The summed E-state index contributed by atoms with van der Waals surface area (Å²) in [5, 5.41) is 26.6. The second-order valence-electron chi connectivity index (χ2n) is 5.99. The van der Waals surface area contributed by atoms with E-state index in [-0.39, 0.29) is 22.9 Å². The highest BCUT2D eigenvalue weighted by molar-refractivity contribution is 7.14. The standard InChI is InChI=1S/C21H16N4O3S/c1-13(26)23-17-8-7-14(10-19(17)27)9-16(11-22)20(28)25-21-24-18(12-29-21)15-5-3-2-4-6-15/h2-10,12,27H,1H3,(H,23,26)(H,24,25,28)/b16-9+. The zero-order chi connectivity index (χ0) is 20.8. The van der Waals surface area contributed by atoms with Gasteiger partial charge in [0.15, 0.2) is 5.13 Å². The van der Waals surface area contributed by atoms with Gasteiger partial charge in [0.05, 0.1) is 11.4 Å². The average Bonchev–Trinajstić information content (AvgIpc) is 3.17. The van der Waals surface area contributed by atoms with Gasteiger partial charge in [-0.2, -0.15) is 5.26 Å². The largest absolute Gasteiger partial charge is 0.506 e. The van der Waals surface area contributed by atoms with E-state index in [0.29, 0.717) is 10.7 Å². The van der Waals surface area contributed by atoms with Crippen molar-refractivity contribution < 1.29 is 14.7 Å². The van der Waals surface area contributed by atoms with Crippen LogP contribution >= 0.6 is 11.3 Å². The second kappa shape index (κ2) is 8.82. The van der Waals surface area contributed by atoms with E-state index in [4.69, 9.17) is 0 Å². The van der Waals surface area contributed by atoms with Crippen molar-refractivity contribution in [2.75, 3.05) is 10.6 Å². The van der Waals surface area contributed by atoms with Crippen LogP contribution in [0.1, 0.15) is 12.5 Å². The fraction of sp³-hybridized carbons (Fsp3) is 0.0476. The van der Waals surface area contributed by atoms with Gasteiger partial charge in [-0.25, -0.2) is 4.98 Å². The van der Waals surface area contributed by atoms with Crippen LogP contribution in [0.4, 0.5) is 10.8 Å². The van der Waals surface area contributed by atoms with Crippen molar-refractivity contribution in [2.45, 2.75) is 6.92 Å². The number of nitrogens with one attached hydrogen (secondary N) is 2. The molecule has 3 aromatic rings.